The van der Waals surface area contributed by atoms with Crippen LogP contribution < -0.4 is 11.1 Å². The van der Waals surface area contributed by atoms with Gasteiger partial charge in [-0.25, -0.2) is 4.79 Å². The number of aryl methyl sites for hydroxylation is 1. The highest BCUT2D eigenvalue weighted by molar-refractivity contribution is 5.64. The lowest BCUT2D eigenvalue weighted by Gasteiger charge is -2.30. The van der Waals surface area contributed by atoms with Gasteiger partial charge in [0.05, 0.1) is 0 Å². The number of nitrogens with two attached hydrogens (primary N) is 1. The number of benzene rings is 1. The van der Waals surface area contributed by atoms with Gasteiger partial charge in [0.15, 0.2) is 0 Å². The van der Waals surface area contributed by atoms with Gasteiger partial charge < -0.3 is 15.8 Å². The van der Waals surface area contributed by atoms with Gasteiger partial charge in [0.2, 0.25) is 0 Å². The van der Waals surface area contributed by atoms with Crippen LogP contribution in [0.3, 0.4) is 0 Å². The van der Waals surface area contributed by atoms with Crippen LogP contribution in [-0.2, 0) is 16.6 Å². The van der Waals surface area contributed by atoms with Crippen molar-refractivity contribution in [1.82, 2.24) is 0 Å². The van der Waals surface area contributed by atoms with Crippen LogP contribution in [-0.4, -0.2) is 18.2 Å². The molecule has 1 saturated carbocycles. The van der Waals surface area contributed by atoms with E-state index in [4.69, 9.17) is 10.5 Å². The van der Waals surface area contributed by atoms with Crippen molar-refractivity contribution in [3.63, 3.8) is 0 Å². The first-order chi connectivity index (χ1) is 12.8. The van der Waals surface area contributed by atoms with Crippen LogP contribution >= 0.6 is 0 Å². The number of carbonyl (C=O) groups excluding carboxylic acids is 1. The minimum atomic E-state index is -0.656. The average molecular weight is 375 g/mol. The maximum Gasteiger partial charge on any atom is 0.404 e. The van der Waals surface area contributed by atoms with Crippen molar-refractivity contribution in [2.45, 2.75) is 103 Å². The normalized spacial score (nSPS) is 20.3. The van der Waals surface area contributed by atoms with E-state index in [1.54, 1.807) is 0 Å². The maximum absolute atomic E-state index is 10.9. The van der Waals surface area contributed by atoms with E-state index in [-0.39, 0.29) is 11.5 Å². The molecular weight excluding hydrogens is 336 g/mol. The molecule has 1 aliphatic rings. The van der Waals surface area contributed by atoms with Gasteiger partial charge in [-0.1, -0.05) is 53.0 Å². The van der Waals surface area contributed by atoms with Crippen LogP contribution in [0.2, 0.25) is 0 Å². The Labute approximate surface area is 165 Å². The summed E-state index contributed by atoms with van der Waals surface area (Å²) in [5, 5.41) is 3.70. The predicted octanol–water partition coefficient (Wildman–Crippen LogP) is 5.93. The first-order valence-electron chi connectivity index (χ1n) is 10.7. The van der Waals surface area contributed by atoms with Crippen molar-refractivity contribution in [2.75, 3.05) is 5.32 Å². The van der Waals surface area contributed by atoms with Gasteiger partial charge in [0.25, 0.3) is 0 Å². The molecule has 0 bridgehead atoms. The maximum atomic E-state index is 10.9. The van der Waals surface area contributed by atoms with Gasteiger partial charge in [0, 0.05) is 11.7 Å². The molecule has 0 saturated heterocycles. The minimum absolute atomic E-state index is 0.0158. The second kappa shape index (κ2) is 10.0. The van der Waals surface area contributed by atoms with E-state index in [1.165, 1.54) is 42.5 Å². The summed E-state index contributed by atoms with van der Waals surface area (Å²) in [6.45, 7) is 9.15. The number of hydrogen-bond donors (Lipinski definition) is 2. The molecule has 152 valence electrons. The zero-order valence-corrected chi connectivity index (χ0v) is 17.6. The lowest BCUT2D eigenvalue weighted by atomic mass is 9.82. The number of primary amides is 1. The molecule has 0 radical (unpaired) electrons. The Balaban J connectivity index is 1.99. The number of carbonyl (C=O) groups is 1. The molecule has 1 aromatic carbocycles. The first kappa shape index (κ1) is 21.6. The average Bonchev–Trinajstić information content (AvgIpc) is 2.59. The third-order valence-electron chi connectivity index (χ3n) is 5.54. The standard InChI is InChI=1S/C23H38N2O2/c1-5-6-7-8-9-17-16-19(12-15-21(17)23(2,3)4)25-18-10-13-20(14-11-18)27-22(24)26/h12,15-16,18,20,25H,5-11,13-14H2,1-4H3,(H2,24,26). The fourth-order valence-corrected chi connectivity index (χ4v) is 4.09. The lowest BCUT2D eigenvalue weighted by molar-refractivity contribution is 0.0806. The number of nitrogens with one attached hydrogen (secondary N) is 1. The molecule has 1 fully saturated rings. The summed E-state index contributed by atoms with van der Waals surface area (Å²) in [4.78, 5) is 10.9. The van der Waals surface area contributed by atoms with Crippen molar-refractivity contribution in [1.29, 1.82) is 0 Å². The molecule has 0 spiro atoms. The van der Waals surface area contributed by atoms with Crippen LogP contribution in [0.4, 0.5) is 10.5 Å². The molecule has 1 amide bonds. The van der Waals surface area contributed by atoms with Gasteiger partial charge in [-0.3, -0.25) is 0 Å². The van der Waals surface area contributed by atoms with E-state index >= 15 is 0 Å². The highest BCUT2D eigenvalue weighted by Gasteiger charge is 2.24. The summed E-state index contributed by atoms with van der Waals surface area (Å²) < 4.78 is 5.14. The molecular formula is C23H38N2O2. The van der Waals surface area contributed by atoms with E-state index in [2.05, 4.69) is 51.2 Å². The van der Waals surface area contributed by atoms with E-state index in [0.29, 0.717) is 6.04 Å². The zero-order chi connectivity index (χ0) is 19.9. The van der Waals surface area contributed by atoms with Crippen LogP contribution in [0.25, 0.3) is 0 Å². The summed E-state index contributed by atoms with van der Waals surface area (Å²) in [5.74, 6) is 0. The van der Waals surface area contributed by atoms with E-state index < -0.39 is 6.09 Å². The Morgan fingerprint density at radius 2 is 1.85 bits per heavy atom. The molecule has 0 heterocycles. The Bertz CT molecular complexity index is 599. The second-order valence-electron chi connectivity index (χ2n) is 8.99. The Morgan fingerprint density at radius 3 is 2.44 bits per heavy atom. The zero-order valence-electron chi connectivity index (χ0n) is 17.6. The fraction of sp³-hybridized carbons (Fsp3) is 0.696. The van der Waals surface area contributed by atoms with Crippen molar-refractivity contribution >= 4 is 11.8 Å². The number of rotatable bonds is 8. The van der Waals surface area contributed by atoms with Crippen molar-refractivity contribution < 1.29 is 9.53 Å². The van der Waals surface area contributed by atoms with Crippen LogP contribution in [0.15, 0.2) is 18.2 Å². The number of amides is 1. The van der Waals surface area contributed by atoms with Gasteiger partial charge >= 0.3 is 6.09 Å². The van der Waals surface area contributed by atoms with Crippen LogP contribution in [0.1, 0.15) is 90.2 Å². The summed E-state index contributed by atoms with van der Waals surface area (Å²) in [6, 6.07) is 7.33. The number of hydrogen-bond acceptors (Lipinski definition) is 3. The Hall–Kier alpha value is -1.71. The fourth-order valence-electron chi connectivity index (χ4n) is 4.09. The third-order valence-corrected chi connectivity index (χ3v) is 5.54. The predicted molar refractivity (Wildman–Crippen MR) is 113 cm³/mol. The monoisotopic (exact) mass is 374 g/mol. The molecule has 1 aromatic rings. The summed E-state index contributed by atoms with van der Waals surface area (Å²) >= 11 is 0. The van der Waals surface area contributed by atoms with E-state index in [9.17, 15) is 4.79 Å². The third kappa shape index (κ3) is 7.08. The van der Waals surface area contributed by atoms with Crippen molar-refractivity contribution in [3.05, 3.63) is 29.3 Å². The lowest BCUT2D eigenvalue weighted by Crippen LogP contribution is -2.32. The van der Waals surface area contributed by atoms with E-state index in [1.807, 2.05) is 0 Å². The molecule has 27 heavy (non-hydrogen) atoms. The highest BCUT2D eigenvalue weighted by Crippen LogP contribution is 2.31. The quantitative estimate of drug-likeness (QED) is 0.555. The molecule has 0 unspecified atom stereocenters. The topological polar surface area (TPSA) is 64.3 Å². The molecule has 3 N–H and O–H groups in total. The Kier molecular flexibility index (Phi) is 8.00. The van der Waals surface area contributed by atoms with Gasteiger partial charge in [-0.15, -0.1) is 0 Å². The molecule has 4 heteroatoms. The largest absolute Gasteiger partial charge is 0.446 e. The van der Waals surface area contributed by atoms with E-state index in [0.717, 1.165) is 32.1 Å². The van der Waals surface area contributed by atoms with Crippen LogP contribution in [0, 0.1) is 0 Å². The number of anilines is 1. The smallest absolute Gasteiger partial charge is 0.404 e. The second-order valence-corrected chi connectivity index (χ2v) is 8.99. The minimum Gasteiger partial charge on any atom is -0.446 e. The molecule has 4 nitrogen and oxygen atoms in total. The summed E-state index contributed by atoms with van der Waals surface area (Å²) in [6.07, 6.45) is 9.41. The molecule has 0 aromatic heterocycles. The molecule has 0 atom stereocenters. The Morgan fingerprint density at radius 1 is 1.15 bits per heavy atom. The number of ether oxygens (including phenoxy) is 1. The summed E-state index contributed by atoms with van der Waals surface area (Å²) in [7, 11) is 0. The van der Waals surface area contributed by atoms with Gasteiger partial charge in [-0.2, -0.15) is 0 Å². The molecule has 2 rings (SSSR count). The molecule has 1 aliphatic carbocycles. The van der Waals surface area contributed by atoms with Crippen molar-refractivity contribution in [3.8, 4) is 0 Å². The van der Waals surface area contributed by atoms with Crippen LogP contribution in [0.5, 0.6) is 0 Å². The SMILES string of the molecule is CCCCCCc1cc(NC2CCC(OC(N)=O)CC2)ccc1C(C)(C)C. The summed E-state index contributed by atoms with van der Waals surface area (Å²) in [5.41, 5.74) is 9.46. The highest BCUT2D eigenvalue weighted by atomic mass is 16.6. The van der Waals surface area contributed by atoms with Gasteiger partial charge in [-0.05, 0) is 67.2 Å². The number of unbranched alkanes of at least 4 members (excludes halogenated alkanes) is 3. The van der Waals surface area contributed by atoms with Crippen molar-refractivity contribution in [2.24, 2.45) is 5.73 Å². The van der Waals surface area contributed by atoms with Gasteiger partial charge in [0.1, 0.15) is 6.10 Å². The molecule has 0 aliphatic heterocycles. The first-order valence-corrected chi connectivity index (χ1v) is 10.7.